The van der Waals surface area contributed by atoms with Gasteiger partial charge < -0.3 is 10.6 Å². The minimum Gasteiger partial charge on any atom is -0.342 e. The Balaban J connectivity index is 2.21. The smallest absolute Gasteiger partial charge is 0.252 e. The van der Waals surface area contributed by atoms with E-state index in [1.807, 2.05) is 0 Å². The Labute approximate surface area is 114 Å². The van der Waals surface area contributed by atoms with Crippen LogP contribution in [0.5, 0.6) is 0 Å². The third-order valence-electron chi connectivity index (χ3n) is 3.74. The molecule has 1 aromatic heterocycles. The van der Waals surface area contributed by atoms with E-state index in [0.29, 0.717) is 11.9 Å². The van der Waals surface area contributed by atoms with Crippen molar-refractivity contribution in [1.82, 2.24) is 9.97 Å². The lowest BCUT2D eigenvalue weighted by Gasteiger charge is -2.32. The zero-order valence-electron chi connectivity index (χ0n) is 12.1. The van der Waals surface area contributed by atoms with Gasteiger partial charge in [0, 0.05) is 24.6 Å². The average molecular weight is 264 g/mol. The Morgan fingerprint density at radius 3 is 2.58 bits per heavy atom. The van der Waals surface area contributed by atoms with E-state index in [4.69, 9.17) is 5.73 Å². The highest BCUT2D eigenvalue weighted by Crippen LogP contribution is 2.23. The molecule has 5 heteroatoms. The van der Waals surface area contributed by atoms with Crippen molar-refractivity contribution < 1.29 is 0 Å². The topological polar surface area (TPSA) is 75.0 Å². The number of hydrogen-bond acceptors (Lipinski definition) is 4. The van der Waals surface area contributed by atoms with E-state index in [1.54, 1.807) is 6.07 Å². The van der Waals surface area contributed by atoms with Crippen molar-refractivity contribution >= 4 is 5.95 Å². The Morgan fingerprint density at radius 2 is 2.05 bits per heavy atom. The molecule has 0 radical (unpaired) electrons. The van der Waals surface area contributed by atoms with Crippen LogP contribution in [0.1, 0.15) is 39.3 Å². The predicted molar refractivity (Wildman–Crippen MR) is 77.5 cm³/mol. The molecule has 1 aliphatic heterocycles. The molecule has 3 N–H and O–H groups in total. The molecule has 0 atom stereocenters. The van der Waals surface area contributed by atoms with Gasteiger partial charge in [-0.25, -0.2) is 4.98 Å². The molecular weight excluding hydrogens is 240 g/mol. The molecule has 0 spiro atoms. The Kier molecular flexibility index (Phi) is 3.94. The van der Waals surface area contributed by atoms with E-state index in [0.717, 1.165) is 38.2 Å². The summed E-state index contributed by atoms with van der Waals surface area (Å²) in [4.78, 5) is 21.4. The molecule has 0 amide bonds. The number of aromatic nitrogens is 2. The summed E-state index contributed by atoms with van der Waals surface area (Å²) in [6.45, 7) is 8.79. The number of hydrogen-bond donors (Lipinski definition) is 2. The maximum atomic E-state index is 11.8. The third-order valence-corrected chi connectivity index (χ3v) is 3.74. The zero-order valence-corrected chi connectivity index (χ0v) is 12.1. The fourth-order valence-electron chi connectivity index (χ4n) is 2.36. The van der Waals surface area contributed by atoms with E-state index in [2.05, 4.69) is 35.6 Å². The van der Waals surface area contributed by atoms with E-state index >= 15 is 0 Å². The molecule has 0 bridgehead atoms. The summed E-state index contributed by atoms with van der Waals surface area (Å²) >= 11 is 0. The number of H-pyrrole nitrogens is 1. The molecule has 19 heavy (non-hydrogen) atoms. The number of rotatable bonds is 2. The standard InChI is InChI=1S/C14H24N4O/c1-14(2,3)11-8-12(19)17-13(16-11)18-6-4-10(9-15)5-7-18/h8,10H,4-7,9,15H2,1-3H3,(H,16,17,19). The Bertz CT molecular complexity index is 481. The lowest BCUT2D eigenvalue weighted by molar-refractivity contribution is 0.410. The van der Waals surface area contributed by atoms with Crippen molar-refractivity contribution in [2.75, 3.05) is 24.5 Å². The fraction of sp³-hybridized carbons (Fsp3) is 0.714. The second kappa shape index (κ2) is 5.33. The van der Waals surface area contributed by atoms with Gasteiger partial charge in [-0.3, -0.25) is 9.78 Å². The highest BCUT2D eigenvalue weighted by atomic mass is 16.1. The lowest BCUT2D eigenvalue weighted by Crippen LogP contribution is -2.38. The van der Waals surface area contributed by atoms with Crippen molar-refractivity contribution in [2.45, 2.75) is 39.0 Å². The molecule has 5 nitrogen and oxygen atoms in total. The van der Waals surface area contributed by atoms with Crippen molar-refractivity contribution in [3.63, 3.8) is 0 Å². The molecule has 1 fully saturated rings. The summed E-state index contributed by atoms with van der Waals surface area (Å²) in [5.74, 6) is 1.31. The average Bonchev–Trinajstić information content (AvgIpc) is 2.37. The molecule has 1 saturated heterocycles. The number of aromatic amines is 1. The first-order chi connectivity index (χ1) is 8.90. The minimum absolute atomic E-state index is 0.0733. The van der Waals surface area contributed by atoms with Crippen molar-refractivity contribution in [3.8, 4) is 0 Å². The highest BCUT2D eigenvalue weighted by molar-refractivity contribution is 5.32. The largest absolute Gasteiger partial charge is 0.342 e. The second-order valence-corrected chi connectivity index (χ2v) is 6.37. The van der Waals surface area contributed by atoms with Crippen LogP contribution in [-0.2, 0) is 5.41 Å². The van der Waals surface area contributed by atoms with E-state index < -0.39 is 0 Å². The summed E-state index contributed by atoms with van der Waals surface area (Å²) < 4.78 is 0. The van der Waals surface area contributed by atoms with Gasteiger partial charge >= 0.3 is 0 Å². The van der Waals surface area contributed by atoms with Crippen LogP contribution in [0.4, 0.5) is 5.95 Å². The van der Waals surface area contributed by atoms with Crippen molar-refractivity contribution in [2.24, 2.45) is 11.7 Å². The summed E-state index contributed by atoms with van der Waals surface area (Å²) in [5, 5.41) is 0. The molecule has 2 rings (SSSR count). The number of nitrogens with two attached hydrogens (primary N) is 1. The maximum absolute atomic E-state index is 11.8. The summed E-state index contributed by atoms with van der Waals surface area (Å²) in [7, 11) is 0. The SMILES string of the molecule is CC(C)(C)c1cc(=O)[nH]c(N2CCC(CN)CC2)n1. The molecule has 1 aliphatic rings. The van der Waals surface area contributed by atoms with Crippen molar-refractivity contribution in [1.29, 1.82) is 0 Å². The quantitative estimate of drug-likeness (QED) is 0.843. The van der Waals surface area contributed by atoms with E-state index in [-0.39, 0.29) is 11.0 Å². The highest BCUT2D eigenvalue weighted by Gasteiger charge is 2.22. The van der Waals surface area contributed by atoms with Crippen LogP contribution in [0.25, 0.3) is 0 Å². The molecule has 1 aromatic rings. The first kappa shape index (κ1) is 14.1. The summed E-state index contributed by atoms with van der Waals surface area (Å²) in [6, 6.07) is 1.59. The van der Waals surface area contributed by atoms with Crippen LogP contribution in [-0.4, -0.2) is 29.6 Å². The van der Waals surface area contributed by atoms with Gasteiger partial charge in [-0.2, -0.15) is 0 Å². The van der Waals surface area contributed by atoms with Crippen molar-refractivity contribution in [3.05, 3.63) is 22.1 Å². The monoisotopic (exact) mass is 264 g/mol. The minimum atomic E-state index is -0.113. The number of anilines is 1. The molecule has 0 unspecified atom stereocenters. The van der Waals surface area contributed by atoms with Crippen LogP contribution in [0, 0.1) is 5.92 Å². The van der Waals surface area contributed by atoms with Gasteiger partial charge in [0.15, 0.2) is 0 Å². The van der Waals surface area contributed by atoms with Crippen LogP contribution < -0.4 is 16.2 Å². The maximum Gasteiger partial charge on any atom is 0.252 e. The normalized spacial score (nSPS) is 17.8. The lowest BCUT2D eigenvalue weighted by atomic mass is 9.92. The first-order valence-electron chi connectivity index (χ1n) is 6.97. The zero-order chi connectivity index (χ0) is 14.0. The first-order valence-corrected chi connectivity index (χ1v) is 6.97. The van der Waals surface area contributed by atoms with Crippen LogP contribution in [0.3, 0.4) is 0 Å². The van der Waals surface area contributed by atoms with Gasteiger partial charge in [-0.1, -0.05) is 20.8 Å². The molecule has 0 aliphatic carbocycles. The van der Waals surface area contributed by atoms with Gasteiger partial charge in [-0.05, 0) is 25.3 Å². The third kappa shape index (κ3) is 3.35. The molecule has 0 aromatic carbocycles. The van der Waals surface area contributed by atoms with E-state index in [9.17, 15) is 4.79 Å². The van der Waals surface area contributed by atoms with E-state index in [1.165, 1.54) is 0 Å². The van der Waals surface area contributed by atoms with Crippen LogP contribution in [0.15, 0.2) is 10.9 Å². The van der Waals surface area contributed by atoms with Crippen LogP contribution >= 0.6 is 0 Å². The van der Waals surface area contributed by atoms with Crippen LogP contribution in [0.2, 0.25) is 0 Å². The molecule has 2 heterocycles. The number of nitrogens with one attached hydrogen (secondary N) is 1. The Morgan fingerprint density at radius 1 is 1.42 bits per heavy atom. The fourth-order valence-corrected chi connectivity index (χ4v) is 2.36. The summed E-state index contributed by atoms with van der Waals surface area (Å²) in [6.07, 6.45) is 2.14. The van der Waals surface area contributed by atoms with Gasteiger partial charge in [0.25, 0.3) is 5.56 Å². The van der Waals surface area contributed by atoms with Gasteiger partial charge in [0.2, 0.25) is 5.95 Å². The van der Waals surface area contributed by atoms with Gasteiger partial charge in [0.05, 0.1) is 5.69 Å². The number of piperidine rings is 1. The predicted octanol–water partition coefficient (Wildman–Crippen LogP) is 1.24. The second-order valence-electron chi connectivity index (χ2n) is 6.37. The van der Waals surface area contributed by atoms with Gasteiger partial charge in [0.1, 0.15) is 0 Å². The molecular formula is C14H24N4O. The number of nitrogens with zero attached hydrogens (tertiary/aromatic N) is 2. The Hall–Kier alpha value is -1.36. The van der Waals surface area contributed by atoms with Gasteiger partial charge in [-0.15, -0.1) is 0 Å². The molecule has 106 valence electrons. The molecule has 0 saturated carbocycles. The summed E-state index contributed by atoms with van der Waals surface area (Å²) in [5.41, 5.74) is 6.35.